The summed E-state index contributed by atoms with van der Waals surface area (Å²) in [7, 11) is 1.10. The average molecular weight is 330 g/mol. The monoisotopic (exact) mass is 330 g/mol. The third-order valence-corrected chi connectivity index (χ3v) is 3.17. The number of rotatable bonds is 6. The first-order valence-corrected chi connectivity index (χ1v) is 6.60. The van der Waals surface area contributed by atoms with Crippen molar-refractivity contribution in [1.29, 1.82) is 0 Å². The lowest BCUT2D eigenvalue weighted by atomic mass is 9.92. The smallest absolute Gasteiger partial charge is 0.372 e. The van der Waals surface area contributed by atoms with Gasteiger partial charge in [-0.15, -0.1) is 0 Å². The van der Waals surface area contributed by atoms with E-state index in [0.29, 0.717) is 0 Å². The predicted molar refractivity (Wildman–Crippen MR) is 74.6 cm³/mol. The van der Waals surface area contributed by atoms with Crippen molar-refractivity contribution in [3.05, 3.63) is 22.3 Å². The van der Waals surface area contributed by atoms with Crippen LogP contribution in [0.4, 0.5) is 0 Å². The molecule has 0 saturated heterocycles. The van der Waals surface area contributed by atoms with Gasteiger partial charge in [0.1, 0.15) is 18.3 Å². The Balaban J connectivity index is 3.26. The molecule has 0 bridgehead atoms. The number of aliphatic hydroxyl groups excluding tert-OH is 3. The van der Waals surface area contributed by atoms with Gasteiger partial charge in [-0.3, -0.25) is 4.79 Å². The molecule has 0 spiro atoms. The minimum atomic E-state index is -1.67. The molecule has 1 amide bonds. The van der Waals surface area contributed by atoms with Crippen molar-refractivity contribution in [3.8, 4) is 0 Å². The number of carbonyl (C=O) groups is 2. The van der Waals surface area contributed by atoms with Crippen LogP contribution in [0.25, 0.3) is 10.4 Å². The van der Waals surface area contributed by atoms with Crippen LogP contribution in [0.5, 0.6) is 0 Å². The Morgan fingerprint density at radius 2 is 2.22 bits per heavy atom. The molecule has 11 nitrogen and oxygen atoms in total. The Bertz CT molecular complexity index is 532. The zero-order valence-corrected chi connectivity index (χ0v) is 12.5. The molecule has 5 atom stereocenters. The van der Waals surface area contributed by atoms with Crippen molar-refractivity contribution in [2.45, 2.75) is 37.3 Å². The molecule has 0 aromatic carbocycles. The van der Waals surface area contributed by atoms with E-state index in [1.54, 1.807) is 0 Å². The fourth-order valence-electron chi connectivity index (χ4n) is 2.11. The van der Waals surface area contributed by atoms with E-state index in [4.69, 9.17) is 15.4 Å². The average Bonchev–Trinajstić information content (AvgIpc) is 2.53. The molecule has 1 rings (SSSR count). The summed E-state index contributed by atoms with van der Waals surface area (Å²) in [5.74, 6) is -1.75. The predicted octanol–water partition coefficient (Wildman–Crippen LogP) is -1.66. The van der Waals surface area contributed by atoms with E-state index in [1.807, 2.05) is 0 Å². The van der Waals surface area contributed by atoms with Crippen LogP contribution in [0.15, 0.2) is 16.9 Å². The summed E-state index contributed by atoms with van der Waals surface area (Å²) in [6.07, 6.45) is -3.47. The number of nitrogens with zero attached hydrogens (tertiary/aromatic N) is 3. The van der Waals surface area contributed by atoms with Crippen molar-refractivity contribution in [2.75, 3.05) is 13.7 Å². The van der Waals surface area contributed by atoms with Crippen LogP contribution in [0.2, 0.25) is 0 Å². The first-order chi connectivity index (χ1) is 10.8. The molecule has 23 heavy (non-hydrogen) atoms. The van der Waals surface area contributed by atoms with Crippen LogP contribution in [0, 0.1) is 0 Å². The summed E-state index contributed by atoms with van der Waals surface area (Å²) in [5, 5.41) is 34.5. The molecule has 1 heterocycles. The second-order valence-corrected chi connectivity index (χ2v) is 4.77. The molecular formula is C12H18N4O7. The van der Waals surface area contributed by atoms with Crippen molar-refractivity contribution >= 4 is 11.9 Å². The Kier molecular flexibility index (Phi) is 6.79. The lowest BCUT2D eigenvalue weighted by Crippen LogP contribution is -2.59. The van der Waals surface area contributed by atoms with Gasteiger partial charge in [-0.05, 0) is 11.6 Å². The van der Waals surface area contributed by atoms with Gasteiger partial charge in [-0.1, -0.05) is 5.11 Å². The molecule has 0 aliphatic carbocycles. The standard InChI is InChI=1S/C12H18N4O7/c1-5(18)14-9-6(15-16-13)3-8(12(21)22-2)23-11(9)10(20)7(19)4-17/h3,6-7,9-11,17,19-20H,4H2,1-2H3,(H,14,18)/t6-,7-,9+,10-,11?/m0/s1. The summed E-state index contributed by atoms with van der Waals surface area (Å²) in [6.45, 7) is 0.413. The summed E-state index contributed by atoms with van der Waals surface area (Å²) in [4.78, 5) is 25.6. The van der Waals surface area contributed by atoms with Gasteiger partial charge >= 0.3 is 5.97 Å². The molecule has 1 aliphatic rings. The normalized spacial score (nSPS) is 26.0. The quantitative estimate of drug-likeness (QED) is 0.195. The first kappa shape index (κ1) is 18.7. The van der Waals surface area contributed by atoms with Gasteiger partial charge in [0.15, 0.2) is 0 Å². The topological polar surface area (TPSA) is 174 Å². The van der Waals surface area contributed by atoms with Crippen LogP contribution in [-0.2, 0) is 19.1 Å². The molecular weight excluding hydrogens is 312 g/mol. The van der Waals surface area contributed by atoms with Crippen LogP contribution >= 0.6 is 0 Å². The largest absolute Gasteiger partial charge is 0.478 e. The summed E-state index contributed by atoms with van der Waals surface area (Å²) < 4.78 is 9.78. The second kappa shape index (κ2) is 8.34. The van der Waals surface area contributed by atoms with E-state index < -0.39 is 48.9 Å². The van der Waals surface area contributed by atoms with Crippen LogP contribution in [-0.4, -0.2) is 71.3 Å². The number of ether oxygens (including phenoxy) is 2. The Morgan fingerprint density at radius 3 is 2.70 bits per heavy atom. The van der Waals surface area contributed by atoms with Gasteiger partial charge < -0.3 is 30.1 Å². The zero-order chi connectivity index (χ0) is 17.6. The van der Waals surface area contributed by atoms with Crippen molar-refractivity contribution in [1.82, 2.24) is 5.32 Å². The Morgan fingerprint density at radius 1 is 1.57 bits per heavy atom. The Labute approximate surface area is 131 Å². The van der Waals surface area contributed by atoms with Gasteiger partial charge in [0.2, 0.25) is 11.7 Å². The zero-order valence-electron chi connectivity index (χ0n) is 12.5. The van der Waals surface area contributed by atoms with E-state index in [1.165, 1.54) is 6.92 Å². The van der Waals surface area contributed by atoms with Gasteiger partial charge in [0.25, 0.3) is 0 Å². The highest BCUT2D eigenvalue weighted by molar-refractivity contribution is 5.86. The molecule has 0 fully saturated rings. The van der Waals surface area contributed by atoms with Crippen LogP contribution in [0.1, 0.15) is 6.92 Å². The number of azide groups is 1. The molecule has 11 heteroatoms. The summed E-state index contributed by atoms with van der Waals surface area (Å²) in [5.41, 5.74) is 8.64. The summed E-state index contributed by atoms with van der Waals surface area (Å²) in [6, 6.07) is -2.13. The first-order valence-electron chi connectivity index (χ1n) is 6.60. The number of methoxy groups -OCH3 is 1. The lowest BCUT2D eigenvalue weighted by Gasteiger charge is -2.38. The molecule has 0 aromatic rings. The third kappa shape index (κ3) is 4.57. The van der Waals surface area contributed by atoms with Gasteiger partial charge in [-0.2, -0.15) is 0 Å². The number of esters is 1. The third-order valence-electron chi connectivity index (χ3n) is 3.17. The highest BCUT2D eigenvalue weighted by atomic mass is 16.6. The number of amides is 1. The van der Waals surface area contributed by atoms with Gasteiger partial charge in [0, 0.05) is 11.8 Å². The molecule has 0 radical (unpaired) electrons. The molecule has 0 aromatic heterocycles. The maximum Gasteiger partial charge on any atom is 0.372 e. The molecule has 0 saturated carbocycles. The highest BCUT2D eigenvalue weighted by Crippen LogP contribution is 2.25. The number of carbonyl (C=O) groups excluding carboxylic acids is 2. The summed E-state index contributed by atoms with van der Waals surface area (Å²) >= 11 is 0. The van der Waals surface area contributed by atoms with E-state index in [9.17, 15) is 19.8 Å². The molecule has 4 N–H and O–H groups in total. The van der Waals surface area contributed by atoms with Gasteiger partial charge in [0.05, 0.1) is 25.8 Å². The fraction of sp³-hybridized carbons (Fsp3) is 0.667. The number of hydrogen-bond acceptors (Lipinski definition) is 8. The number of hydrogen-bond donors (Lipinski definition) is 4. The molecule has 128 valence electrons. The van der Waals surface area contributed by atoms with Crippen molar-refractivity contribution < 1.29 is 34.4 Å². The minimum Gasteiger partial charge on any atom is -0.478 e. The second-order valence-electron chi connectivity index (χ2n) is 4.77. The van der Waals surface area contributed by atoms with E-state index in [-0.39, 0.29) is 5.76 Å². The van der Waals surface area contributed by atoms with E-state index in [2.05, 4.69) is 20.1 Å². The maximum atomic E-state index is 11.6. The SMILES string of the molecule is COC(=O)C1=C[C@H](N=[N+]=[N-])[C@@H](NC(C)=O)C([C@@H](O)[C@@H](O)CO)O1. The van der Waals surface area contributed by atoms with Crippen molar-refractivity contribution in [3.63, 3.8) is 0 Å². The van der Waals surface area contributed by atoms with Gasteiger partial charge in [-0.25, -0.2) is 4.79 Å². The minimum absolute atomic E-state index is 0.347. The lowest BCUT2D eigenvalue weighted by molar-refractivity contribution is -0.148. The Hall–Kier alpha value is -2.33. The molecule has 1 unspecified atom stereocenters. The van der Waals surface area contributed by atoms with Crippen molar-refractivity contribution in [2.24, 2.45) is 5.11 Å². The van der Waals surface area contributed by atoms with E-state index >= 15 is 0 Å². The number of nitrogens with one attached hydrogen (secondary N) is 1. The van der Waals surface area contributed by atoms with Crippen LogP contribution < -0.4 is 5.32 Å². The van der Waals surface area contributed by atoms with Crippen LogP contribution in [0.3, 0.4) is 0 Å². The number of aliphatic hydroxyl groups is 3. The van der Waals surface area contributed by atoms with E-state index in [0.717, 1.165) is 13.2 Å². The fourth-order valence-corrected chi connectivity index (χ4v) is 2.11. The highest BCUT2D eigenvalue weighted by Gasteiger charge is 2.43. The maximum absolute atomic E-state index is 11.6. The molecule has 1 aliphatic heterocycles.